The molecule has 0 saturated carbocycles. The molecule has 3 aromatic rings. The second-order valence-electron chi connectivity index (χ2n) is 4.65. The number of rotatable bonds is 5. The average Bonchev–Trinajstić information content (AvgIpc) is 2.56. The van der Waals surface area contributed by atoms with Crippen LogP contribution in [0, 0.1) is 0 Å². The summed E-state index contributed by atoms with van der Waals surface area (Å²) >= 11 is 0. The highest BCUT2D eigenvalue weighted by Gasteiger charge is 1.98. The highest BCUT2D eigenvalue weighted by atomic mass is 16.5. The Morgan fingerprint density at radius 3 is 2.14 bits per heavy atom. The van der Waals surface area contributed by atoms with Gasteiger partial charge >= 0.3 is 0 Å². The molecule has 0 amide bonds. The molecule has 0 atom stereocenters. The van der Waals surface area contributed by atoms with Gasteiger partial charge in [0.05, 0.1) is 0 Å². The van der Waals surface area contributed by atoms with Gasteiger partial charge in [-0.2, -0.15) is 0 Å². The van der Waals surface area contributed by atoms with Crippen LogP contribution >= 0.6 is 0 Å². The van der Waals surface area contributed by atoms with Crippen molar-refractivity contribution in [3.05, 3.63) is 84.7 Å². The second-order valence-corrected chi connectivity index (χ2v) is 4.65. The number of anilines is 1. The monoisotopic (exact) mass is 276 g/mol. The number of benzene rings is 2. The van der Waals surface area contributed by atoms with E-state index in [1.54, 1.807) is 12.4 Å². The molecule has 21 heavy (non-hydrogen) atoms. The van der Waals surface area contributed by atoms with Crippen molar-refractivity contribution < 1.29 is 4.74 Å². The Kier molecular flexibility index (Phi) is 4.12. The lowest BCUT2D eigenvalue weighted by Gasteiger charge is -2.08. The normalized spacial score (nSPS) is 10.1. The first-order valence-corrected chi connectivity index (χ1v) is 6.86. The number of aromatic nitrogens is 1. The first kappa shape index (κ1) is 13.2. The van der Waals surface area contributed by atoms with Crippen LogP contribution in [0.25, 0.3) is 0 Å². The summed E-state index contributed by atoms with van der Waals surface area (Å²) < 4.78 is 5.76. The van der Waals surface area contributed by atoms with Gasteiger partial charge in [-0.3, -0.25) is 4.98 Å². The van der Waals surface area contributed by atoms with Gasteiger partial charge in [-0.15, -0.1) is 0 Å². The van der Waals surface area contributed by atoms with E-state index in [4.69, 9.17) is 4.74 Å². The summed E-state index contributed by atoms with van der Waals surface area (Å²) in [4.78, 5) is 4.01. The number of hydrogen-bond acceptors (Lipinski definition) is 3. The van der Waals surface area contributed by atoms with E-state index in [0.717, 1.165) is 23.7 Å². The van der Waals surface area contributed by atoms with E-state index in [0.29, 0.717) is 0 Å². The molecule has 1 heterocycles. The number of hydrogen-bond donors (Lipinski definition) is 1. The van der Waals surface area contributed by atoms with E-state index in [1.807, 2.05) is 66.7 Å². The number of nitrogens with zero attached hydrogens (tertiary/aromatic N) is 1. The molecule has 104 valence electrons. The summed E-state index contributed by atoms with van der Waals surface area (Å²) in [6.45, 7) is 0.779. The quantitative estimate of drug-likeness (QED) is 0.745. The summed E-state index contributed by atoms with van der Waals surface area (Å²) in [6.07, 6.45) is 3.60. The summed E-state index contributed by atoms with van der Waals surface area (Å²) in [7, 11) is 0. The van der Waals surface area contributed by atoms with E-state index in [9.17, 15) is 0 Å². The average molecular weight is 276 g/mol. The van der Waals surface area contributed by atoms with Crippen LogP contribution in [0.2, 0.25) is 0 Å². The van der Waals surface area contributed by atoms with Gasteiger partial charge in [0, 0.05) is 24.6 Å². The largest absolute Gasteiger partial charge is 0.457 e. The van der Waals surface area contributed by atoms with Gasteiger partial charge in [0.25, 0.3) is 0 Å². The van der Waals surface area contributed by atoms with E-state index in [-0.39, 0.29) is 0 Å². The van der Waals surface area contributed by atoms with Crippen molar-refractivity contribution in [1.29, 1.82) is 0 Å². The lowest BCUT2D eigenvalue weighted by Crippen LogP contribution is -1.99. The van der Waals surface area contributed by atoms with Crippen molar-refractivity contribution >= 4 is 5.69 Å². The highest BCUT2D eigenvalue weighted by molar-refractivity contribution is 5.47. The van der Waals surface area contributed by atoms with Crippen LogP contribution < -0.4 is 10.1 Å². The zero-order chi connectivity index (χ0) is 14.3. The summed E-state index contributed by atoms with van der Waals surface area (Å²) in [5, 5.41) is 3.37. The van der Waals surface area contributed by atoms with Gasteiger partial charge in [-0.1, -0.05) is 18.2 Å². The lowest BCUT2D eigenvalue weighted by molar-refractivity contribution is 0.483. The summed E-state index contributed by atoms with van der Waals surface area (Å²) in [5.41, 5.74) is 2.27. The molecular formula is C18H16N2O. The fourth-order valence-corrected chi connectivity index (χ4v) is 1.97. The van der Waals surface area contributed by atoms with Crippen molar-refractivity contribution in [3.8, 4) is 11.5 Å². The van der Waals surface area contributed by atoms with Crippen LogP contribution in [0.4, 0.5) is 5.69 Å². The van der Waals surface area contributed by atoms with Crippen LogP contribution in [0.1, 0.15) is 5.56 Å². The minimum atomic E-state index is 0.779. The molecule has 0 saturated heterocycles. The van der Waals surface area contributed by atoms with Gasteiger partial charge in [0.2, 0.25) is 0 Å². The molecule has 3 heteroatoms. The highest BCUT2D eigenvalue weighted by Crippen LogP contribution is 2.22. The Hall–Kier alpha value is -2.81. The maximum atomic E-state index is 5.76. The van der Waals surface area contributed by atoms with Gasteiger partial charge in [-0.25, -0.2) is 0 Å². The molecule has 0 aliphatic rings. The Morgan fingerprint density at radius 1 is 0.762 bits per heavy atom. The number of pyridine rings is 1. The maximum absolute atomic E-state index is 5.76. The third kappa shape index (κ3) is 3.83. The number of ether oxygens (including phenoxy) is 1. The Balaban J connectivity index is 1.59. The van der Waals surface area contributed by atoms with E-state index >= 15 is 0 Å². The fraction of sp³-hybridized carbons (Fsp3) is 0.0556. The molecule has 1 N–H and O–H groups in total. The third-order valence-electron chi connectivity index (χ3n) is 3.08. The molecule has 0 spiro atoms. The zero-order valence-corrected chi connectivity index (χ0v) is 11.6. The minimum Gasteiger partial charge on any atom is -0.457 e. The Labute approximate surface area is 124 Å². The van der Waals surface area contributed by atoms with Crippen molar-refractivity contribution in [1.82, 2.24) is 4.98 Å². The molecule has 0 bridgehead atoms. The van der Waals surface area contributed by atoms with Gasteiger partial charge < -0.3 is 10.1 Å². The Morgan fingerprint density at radius 2 is 1.43 bits per heavy atom. The summed E-state index contributed by atoms with van der Waals surface area (Å²) in [5.74, 6) is 1.67. The van der Waals surface area contributed by atoms with Crippen molar-refractivity contribution in [2.45, 2.75) is 6.54 Å². The topological polar surface area (TPSA) is 34.1 Å². The first-order chi connectivity index (χ1) is 10.4. The predicted octanol–water partition coefficient (Wildman–Crippen LogP) is 4.49. The van der Waals surface area contributed by atoms with Crippen LogP contribution in [-0.2, 0) is 6.54 Å². The lowest BCUT2D eigenvalue weighted by atomic mass is 10.2. The van der Waals surface area contributed by atoms with E-state index in [1.165, 1.54) is 5.56 Å². The van der Waals surface area contributed by atoms with Crippen LogP contribution in [0.3, 0.4) is 0 Å². The zero-order valence-electron chi connectivity index (χ0n) is 11.6. The number of nitrogens with one attached hydrogen (secondary N) is 1. The molecule has 1 aromatic heterocycles. The van der Waals surface area contributed by atoms with Crippen LogP contribution in [0.15, 0.2) is 79.1 Å². The van der Waals surface area contributed by atoms with Crippen LogP contribution in [0.5, 0.6) is 11.5 Å². The van der Waals surface area contributed by atoms with Gasteiger partial charge in [-0.05, 0) is 54.1 Å². The van der Waals surface area contributed by atoms with Crippen molar-refractivity contribution in [2.24, 2.45) is 0 Å². The molecule has 0 unspecified atom stereocenters. The molecular weight excluding hydrogens is 260 g/mol. The smallest absolute Gasteiger partial charge is 0.127 e. The fourth-order valence-electron chi connectivity index (χ4n) is 1.97. The molecule has 0 aliphatic heterocycles. The molecule has 0 aliphatic carbocycles. The second kappa shape index (κ2) is 6.57. The first-order valence-electron chi connectivity index (χ1n) is 6.86. The van der Waals surface area contributed by atoms with Gasteiger partial charge in [0.15, 0.2) is 0 Å². The summed E-state index contributed by atoms with van der Waals surface area (Å²) in [6, 6.07) is 21.7. The van der Waals surface area contributed by atoms with Crippen molar-refractivity contribution in [3.63, 3.8) is 0 Å². The predicted molar refractivity (Wildman–Crippen MR) is 84.5 cm³/mol. The molecule has 3 nitrogen and oxygen atoms in total. The molecule has 0 radical (unpaired) electrons. The molecule has 3 rings (SSSR count). The van der Waals surface area contributed by atoms with E-state index in [2.05, 4.69) is 10.3 Å². The third-order valence-corrected chi connectivity index (χ3v) is 3.08. The Bertz CT molecular complexity index is 667. The maximum Gasteiger partial charge on any atom is 0.127 e. The SMILES string of the molecule is c1ccc(Oc2ccc(NCc3ccncc3)cc2)cc1. The molecule has 2 aromatic carbocycles. The van der Waals surface area contributed by atoms with Crippen LogP contribution in [-0.4, -0.2) is 4.98 Å². The van der Waals surface area contributed by atoms with E-state index < -0.39 is 0 Å². The minimum absolute atomic E-state index is 0.779. The standard InChI is InChI=1S/C18H16N2O/c1-2-4-17(5-3-1)21-18-8-6-16(7-9-18)20-14-15-10-12-19-13-11-15/h1-13,20H,14H2. The van der Waals surface area contributed by atoms with Crippen molar-refractivity contribution in [2.75, 3.05) is 5.32 Å². The molecule has 0 fully saturated rings. The van der Waals surface area contributed by atoms with Gasteiger partial charge in [0.1, 0.15) is 11.5 Å². The number of para-hydroxylation sites is 1.